The lowest BCUT2D eigenvalue weighted by Gasteiger charge is -2.49. The second-order valence-corrected chi connectivity index (χ2v) is 7.32. The SMILES string of the molecule is CCCCCCC(NCC)C1(N2CCCCC2)CCCC1. The number of nitrogens with zero attached hydrogens (tertiary/aromatic N) is 1. The number of piperidine rings is 1. The van der Waals surface area contributed by atoms with E-state index < -0.39 is 0 Å². The molecule has 0 spiro atoms. The Morgan fingerprint density at radius 3 is 2.24 bits per heavy atom. The van der Waals surface area contributed by atoms with E-state index in [0.717, 1.165) is 12.6 Å². The molecule has 2 aliphatic rings. The normalized spacial score (nSPS) is 24.3. The van der Waals surface area contributed by atoms with Crippen LogP contribution in [-0.2, 0) is 0 Å². The van der Waals surface area contributed by atoms with Crippen molar-refractivity contribution in [3.8, 4) is 0 Å². The first kappa shape index (κ1) is 17.3. The molecule has 1 aliphatic heterocycles. The van der Waals surface area contributed by atoms with Gasteiger partial charge in [0.25, 0.3) is 0 Å². The molecule has 1 saturated carbocycles. The second-order valence-electron chi connectivity index (χ2n) is 7.32. The Bertz CT molecular complexity index is 265. The van der Waals surface area contributed by atoms with Crippen molar-refractivity contribution in [2.45, 2.75) is 102 Å². The van der Waals surface area contributed by atoms with E-state index in [2.05, 4.69) is 24.1 Å². The van der Waals surface area contributed by atoms with Crippen molar-refractivity contribution in [3.05, 3.63) is 0 Å². The highest BCUT2D eigenvalue weighted by atomic mass is 15.2. The highest BCUT2D eigenvalue weighted by Crippen LogP contribution is 2.41. The van der Waals surface area contributed by atoms with Gasteiger partial charge < -0.3 is 5.32 Å². The predicted molar refractivity (Wildman–Crippen MR) is 92.8 cm³/mol. The molecule has 0 amide bonds. The number of likely N-dealkylation sites (tertiary alicyclic amines) is 1. The first-order valence-corrected chi connectivity index (χ1v) is 9.82. The summed E-state index contributed by atoms with van der Waals surface area (Å²) in [6.45, 7) is 8.45. The third kappa shape index (κ3) is 4.45. The largest absolute Gasteiger partial charge is 0.312 e. The van der Waals surface area contributed by atoms with Gasteiger partial charge in [-0.25, -0.2) is 0 Å². The van der Waals surface area contributed by atoms with Gasteiger partial charge in [0.05, 0.1) is 0 Å². The summed E-state index contributed by atoms with van der Waals surface area (Å²) in [6.07, 6.45) is 17.1. The third-order valence-corrected chi connectivity index (χ3v) is 5.90. The lowest BCUT2D eigenvalue weighted by Crippen LogP contribution is -2.61. The molecule has 1 heterocycles. The lowest BCUT2D eigenvalue weighted by atomic mass is 9.81. The molecule has 0 aromatic rings. The van der Waals surface area contributed by atoms with E-state index in [1.165, 1.54) is 90.1 Å². The zero-order chi connectivity index (χ0) is 15.0. The van der Waals surface area contributed by atoms with Crippen LogP contribution in [0, 0.1) is 0 Å². The lowest BCUT2D eigenvalue weighted by molar-refractivity contribution is 0.0336. The molecule has 1 aliphatic carbocycles. The zero-order valence-corrected chi connectivity index (χ0v) is 14.6. The fraction of sp³-hybridized carbons (Fsp3) is 1.00. The smallest absolute Gasteiger partial charge is 0.0362 e. The maximum absolute atomic E-state index is 3.90. The van der Waals surface area contributed by atoms with Crippen LogP contribution in [-0.4, -0.2) is 36.1 Å². The number of nitrogens with one attached hydrogen (secondary N) is 1. The van der Waals surface area contributed by atoms with E-state index in [0.29, 0.717) is 5.54 Å². The summed E-state index contributed by atoms with van der Waals surface area (Å²) in [4.78, 5) is 2.90. The maximum atomic E-state index is 3.90. The molecule has 1 saturated heterocycles. The Labute approximate surface area is 133 Å². The van der Waals surface area contributed by atoms with Crippen LogP contribution in [0.1, 0.15) is 90.9 Å². The van der Waals surface area contributed by atoms with Crippen molar-refractivity contribution >= 4 is 0 Å². The molecule has 0 bridgehead atoms. The highest BCUT2D eigenvalue weighted by Gasteiger charge is 2.45. The van der Waals surface area contributed by atoms with Gasteiger partial charge in [0, 0.05) is 11.6 Å². The topological polar surface area (TPSA) is 15.3 Å². The summed E-state index contributed by atoms with van der Waals surface area (Å²) in [7, 11) is 0. The van der Waals surface area contributed by atoms with Gasteiger partial charge in [-0.15, -0.1) is 0 Å². The summed E-state index contributed by atoms with van der Waals surface area (Å²) >= 11 is 0. The van der Waals surface area contributed by atoms with Gasteiger partial charge in [0.2, 0.25) is 0 Å². The zero-order valence-electron chi connectivity index (χ0n) is 14.6. The molecule has 1 N–H and O–H groups in total. The molecule has 1 unspecified atom stereocenters. The number of rotatable bonds is 9. The van der Waals surface area contributed by atoms with E-state index in [1.807, 2.05) is 0 Å². The van der Waals surface area contributed by atoms with Gasteiger partial charge in [-0.1, -0.05) is 58.8 Å². The van der Waals surface area contributed by atoms with Gasteiger partial charge in [0.15, 0.2) is 0 Å². The van der Waals surface area contributed by atoms with Crippen molar-refractivity contribution in [2.24, 2.45) is 0 Å². The van der Waals surface area contributed by atoms with E-state index in [1.54, 1.807) is 0 Å². The number of hydrogen-bond donors (Lipinski definition) is 1. The van der Waals surface area contributed by atoms with Gasteiger partial charge in [-0.2, -0.15) is 0 Å². The fourth-order valence-corrected chi connectivity index (χ4v) is 4.79. The van der Waals surface area contributed by atoms with Crippen molar-refractivity contribution in [3.63, 3.8) is 0 Å². The van der Waals surface area contributed by atoms with Gasteiger partial charge in [-0.3, -0.25) is 4.90 Å². The molecule has 0 aromatic heterocycles. The minimum Gasteiger partial charge on any atom is -0.312 e. The van der Waals surface area contributed by atoms with Gasteiger partial charge in [-0.05, 0) is 51.7 Å². The van der Waals surface area contributed by atoms with Crippen LogP contribution in [0.3, 0.4) is 0 Å². The van der Waals surface area contributed by atoms with Crippen molar-refractivity contribution < 1.29 is 0 Å². The van der Waals surface area contributed by atoms with E-state index in [9.17, 15) is 0 Å². The summed E-state index contributed by atoms with van der Waals surface area (Å²) in [6, 6.07) is 0.736. The number of likely N-dealkylation sites (N-methyl/N-ethyl adjacent to an activating group) is 1. The summed E-state index contributed by atoms with van der Waals surface area (Å²) in [5.74, 6) is 0. The van der Waals surface area contributed by atoms with Crippen molar-refractivity contribution in [1.29, 1.82) is 0 Å². The van der Waals surface area contributed by atoms with E-state index >= 15 is 0 Å². The molecule has 124 valence electrons. The molecule has 1 atom stereocenters. The summed E-state index contributed by atoms with van der Waals surface area (Å²) in [5.41, 5.74) is 0.503. The molecule has 2 nitrogen and oxygen atoms in total. The van der Waals surface area contributed by atoms with Crippen LogP contribution in [0.25, 0.3) is 0 Å². The molecule has 0 radical (unpaired) electrons. The molecule has 0 aromatic carbocycles. The highest BCUT2D eigenvalue weighted by molar-refractivity contribution is 5.04. The van der Waals surface area contributed by atoms with E-state index in [4.69, 9.17) is 0 Å². The van der Waals surface area contributed by atoms with Crippen molar-refractivity contribution in [1.82, 2.24) is 10.2 Å². The Morgan fingerprint density at radius 2 is 1.62 bits per heavy atom. The van der Waals surface area contributed by atoms with Gasteiger partial charge in [0.1, 0.15) is 0 Å². The molecule has 2 fully saturated rings. The summed E-state index contributed by atoms with van der Waals surface area (Å²) in [5, 5.41) is 3.90. The van der Waals surface area contributed by atoms with Crippen LogP contribution in [0.4, 0.5) is 0 Å². The molecular weight excluding hydrogens is 256 g/mol. The molecule has 2 heteroatoms. The van der Waals surface area contributed by atoms with Crippen LogP contribution >= 0.6 is 0 Å². The van der Waals surface area contributed by atoms with Gasteiger partial charge >= 0.3 is 0 Å². The van der Waals surface area contributed by atoms with Crippen LogP contribution in [0.15, 0.2) is 0 Å². The van der Waals surface area contributed by atoms with Crippen molar-refractivity contribution in [2.75, 3.05) is 19.6 Å². The molecule has 2 rings (SSSR count). The van der Waals surface area contributed by atoms with Crippen LogP contribution < -0.4 is 5.32 Å². The maximum Gasteiger partial charge on any atom is 0.0362 e. The number of hydrogen-bond acceptors (Lipinski definition) is 2. The fourth-order valence-electron chi connectivity index (χ4n) is 4.79. The monoisotopic (exact) mass is 294 g/mol. The van der Waals surface area contributed by atoms with Crippen LogP contribution in [0.2, 0.25) is 0 Å². The molecular formula is C19H38N2. The first-order valence-electron chi connectivity index (χ1n) is 9.82. The Kier molecular flexibility index (Phi) is 7.53. The standard InChI is InChI=1S/C19H38N2/c1-3-5-6-8-13-18(20-4-2)19(14-9-10-15-19)21-16-11-7-12-17-21/h18,20H,3-17H2,1-2H3. The average Bonchev–Trinajstić information content (AvgIpc) is 3.02. The predicted octanol–water partition coefficient (Wildman–Crippen LogP) is 4.73. The Balaban J connectivity index is 2.00. The van der Waals surface area contributed by atoms with Crippen LogP contribution in [0.5, 0.6) is 0 Å². The minimum absolute atomic E-state index is 0.503. The average molecular weight is 295 g/mol. The Hall–Kier alpha value is -0.0800. The Morgan fingerprint density at radius 1 is 0.905 bits per heavy atom. The minimum atomic E-state index is 0.503. The first-order chi connectivity index (χ1) is 10.3. The number of unbranched alkanes of at least 4 members (excludes halogenated alkanes) is 3. The third-order valence-electron chi connectivity index (χ3n) is 5.90. The molecule has 21 heavy (non-hydrogen) atoms. The second kappa shape index (κ2) is 9.15. The quantitative estimate of drug-likeness (QED) is 0.618. The van der Waals surface area contributed by atoms with E-state index in [-0.39, 0.29) is 0 Å². The summed E-state index contributed by atoms with van der Waals surface area (Å²) < 4.78 is 0.